The number of phosphoric acid groups is 1. The maximum Gasteiger partial charge on any atom is 0.472 e. The summed E-state index contributed by atoms with van der Waals surface area (Å²) in [6, 6.07) is -0.856. The number of allylic oxidation sites excluding steroid dienone is 3. The van der Waals surface area contributed by atoms with Crippen LogP contribution in [0.5, 0.6) is 0 Å². The molecule has 0 rings (SSSR count). The number of aliphatic hydroxyl groups excluding tert-OH is 1. The Labute approximate surface area is 360 Å². The van der Waals surface area contributed by atoms with Gasteiger partial charge in [-0.05, 0) is 25.7 Å². The highest BCUT2D eigenvalue weighted by atomic mass is 31.2. The number of hydrogen-bond donors (Lipinski definition) is 3. The Bertz CT molecular complexity index is 1000. The third-order valence-electron chi connectivity index (χ3n) is 11.2. The van der Waals surface area contributed by atoms with E-state index in [-0.39, 0.29) is 19.1 Å². The van der Waals surface area contributed by atoms with Crippen molar-refractivity contribution in [1.82, 2.24) is 5.32 Å². The third kappa shape index (κ3) is 43.1. The second-order valence-corrected chi connectivity index (χ2v) is 19.6. The van der Waals surface area contributed by atoms with Gasteiger partial charge in [0.1, 0.15) is 13.2 Å². The molecule has 0 heterocycles. The smallest absolute Gasteiger partial charge is 0.387 e. The Morgan fingerprint density at radius 3 is 1.34 bits per heavy atom. The second kappa shape index (κ2) is 41.3. The minimum absolute atomic E-state index is 0.0575. The highest BCUT2D eigenvalue weighted by Gasteiger charge is 2.27. The number of quaternary nitrogens is 1. The van der Waals surface area contributed by atoms with E-state index in [0.717, 1.165) is 44.9 Å². The number of nitrogens with zero attached hydrogens (tertiary/aromatic N) is 1. The van der Waals surface area contributed by atoms with Gasteiger partial charge in [-0.1, -0.05) is 224 Å². The minimum Gasteiger partial charge on any atom is -0.387 e. The zero-order valence-corrected chi connectivity index (χ0v) is 39.9. The van der Waals surface area contributed by atoms with Gasteiger partial charge in [-0.15, -0.1) is 0 Å². The molecule has 0 aromatic carbocycles. The number of carbonyl (C=O) groups is 1. The Morgan fingerprint density at radius 2 is 0.948 bits per heavy atom. The van der Waals surface area contributed by atoms with Crippen LogP contribution in [-0.2, 0) is 18.4 Å². The number of hydrogen-bond acceptors (Lipinski definition) is 5. The average Bonchev–Trinajstić information content (AvgIpc) is 3.17. The number of rotatable bonds is 45. The molecule has 0 saturated heterocycles. The van der Waals surface area contributed by atoms with E-state index in [9.17, 15) is 19.4 Å². The van der Waals surface area contributed by atoms with Crippen molar-refractivity contribution in [3.05, 3.63) is 24.3 Å². The molecule has 8 nitrogen and oxygen atoms in total. The van der Waals surface area contributed by atoms with Crippen molar-refractivity contribution in [2.75, 3.05) is 40.9 Å². The summed E-state index contributed by atoms with van der Waals surface area (Å²) in [5, 5.41) is 13.7. The van der Waals surface area contributed by atoms with E-state index in [1.54, 1.807) is 6.08 Å². The largest absolute Gasteiger partial charge is 0.472 e. The first-order valence-electron chi connectivity index (χ1n) is 24.7. The van der Waals surface area contributed by atoms with Gasteiger partial charge in [-0.3, -0.25) is 13.8 Å². The molecule has 3 N–H and O–H groups in total. The first-order valence-corrected chi connectivity index (χ1v) is 26.2. The van der Waals surface area contributed by atoms with Crippen molar-refractivity contribution in [1.29, 1.82) is 0 Å². The summed E-state index contributed by atoms with van der Waals surface area (Å²) in [6.07, 6.45) is 50.3. The van der Waals surface area contributed by atoms with E-state index in [1.807, 2.05) is 27.2 Å². The Balaban J connectivity index is 3.92. The second-order valence-electron chi connectivity index (χ2n) is 18.2. The molecule has 0 fully saturated rings. The Kier molecular flexibility index (Phi) is 40.6. The maximum absolute atomic E-state index is 12.8. The summed E-state index contributed by atoms with van der Waals surface area (Å²) < 4.78 is 23.4. The highest BCUT2D eigenvalue weighted by molar-refractivity contribution is 7.47. The lowest BCUT2D eigenvalue weighted by molar-refractivity contribution is -0.870. The fourth-order valence-electron chi connectivity index (χ4n) is 7.24. The summed E-state index contributed by atoms with van der Waals surface area (Å²) in [7, 11) is 1.56. The summed E-state index contributed by atoms with van der Waals surface area (Å²) in [5.74, 6) is -0.188. The number of phosphoric ester groups is 1. The molecule has 344 valence electrons. The first kappa shape index (κ1) is 57.0. The molecule has 0 spiro atoms. The molecule has 1 amide bonds. The van der Waals surface area contributed by atoms with Crippen LogP contribution in [0.3, 0.4) is 0 Å². The van der Waals surface area contributed by atoms with Crippen molar-refractivity contribution < 1.29 is 32.9 Å². The van der Waals surface area contributed by atoms with E-state index in [1.165, 1.54) is 167 Å². The molecule has 0 aliphatic heterocycles. The fraction of sp³-hybridized carbons (Fsp3) is 0.898. The van der Waals surface area contributed by atoms with Crippen LogP contribution in [0.15, 0.2) is 24.3 Å². The summed E-state index contributed by atoms with van der Waals surface area (Å²) in [4.78, 5) is 23.0. The summed E-state index contributed by atoms with van der Waals surface area (Å²) in [6.45, 7) is 4.70. The number of nitrogens with one attached hydrogen (secondary N) is 1. The van der Waals surface area contributed by atoms with Crippen LogP contribution >= 0.6 is 7.82 Å². The number of unbranched alkanes of at least 4 members (excludes halogenated alkanes) is 30. The average molecular weight is 842 g/mol. The fourth-order valence-corrected chi connectivity index (χ4v) is 7.98. The topological polar surface area (TPSA) is 105 Å². The maximum atomic E-state index is 12.8. The van der Waals surface area contributed by atoms with Crippen LogP contribution in [0.4, 0.5) is 0 Å². The van der Waals surface area contributed by atoms with E-state index >= 15 is 0 Å². The molecule has 0 aromatic heterocycles. The van der Waals surface area contributed by atoms with Gasteiger partial charge in [0.2, 0.25) is 5.91 Å². The van der Waals surface area contributed by atoms with Crippen molar-refractivity contribution in [2.24, 2.45) is 0 Å². The lowest BCUT2D eigenvalue weighted by Crippen LogP contribution is -2.45. The lowest BCUT2D eigenvalue weighted by atomic mass is 10.0. The van der Waals surface area contributed by atoms with E-state index in [2.05, 4.69) is 31.3 Å². The van der Waals surface area contributed by atoms with Crippen LogP contribution in [-0.4, -0.2) is 73.4 Å². The van der Waals surface area contributed by atoms with Gasteiger partial charge in [-0.25, -0.2) is 4.57 Å². The van der Waals surface area contributed by atoms with Crippen LogP contribution < -0.4 is 5.32 Å². The molecule has 0 aliphatic carbocycles. The number of carbonyl (C=O) groups excluding carboxylic acids is 1. The molecule has 9 heteroatoms. The van der Waals surface area contributed by atoms with E-state index in [0.29, 0.717) is 17.4 Å². The van der Waals surface area contributed by atoms with Gasteiger partial charge < -0.3 is 19.8 Å². The van der Waals surface area contributed by atoms with Crippen LogP contribution in [0.2, 0.25) is 0 Å². The molecule has 0 saturated carbocycles. The van der Waals surface area contributed by atoms with E-state index in [4.69, 9.17) is 9.05 Å². The van der Waals surface area contributed by atoms with Crippen molar-refractivity contribution in [3.8, 4) is 0 Å². The molecule has 58 heavy (non-hydrogen) atoms. The number of aliphatic hydroxyl groups is 1. The minimum atomic E-state index is -4.33. The van der Waals surface area contributed by atoms with Crippen LogP contribution in [0.1, 0.15) is 232 Å². The van der Waals surface area contributed by atoms with Gasteiger partial charge in [0.05, 0.1) is 39.9 Å². The van der Waals surface area contributed by atoms with Crippen molar-refractivity contribution in [3.63, 3.8) is 0 Å². The Morgan fingerprint density at radius 1 is 0.569 bits per heavy atom. The van der Waals surface area contributed by atoms with Gasteiger partial charge in [0, 0.05) is 6.42 Å². The van der Waals surface area contributed by atoms with Crippen molar-refractivity contribution in [2.45, 2.75) is 244 Å². The normalized spacial score (nSPS) is 14.4. The highest BCUT2D eigenvalue weighted by Crippen LogP contribution is 2.43. The quantitative estimate of drug-likeness (QED) is 0.0244. The van der Waals surface area contributed by atoms with Crippen LogP contribution in [0.25, 0.3) is 0 Å². The predicted octanol–water partition coefficient (Wildman–Crippen LogP) is 14.1. The standard InChI is InChI=1S/C49H97N2O6P/c1-6-8-10-12-14-15-16-17-18-19-20-21-22-23-24-25-26-27-28-29-30-31-32-33-34-35-37-39-41-43-49(53)50-47(48(52)42-40-38-36-13-11-9-7-2)46-57-58(54,55)56-45-44-51(3,4)5/h11,13,40,42,47-48,52H,6-10,12,14-39,41,43-46H2,1-5H3,(H-,50,53,54,55)/p+1/b13-11+,42-40+. The zero-order valence-electron chi connectivity index (χ0n) is 39.0. The molecular weight excluding hydrogens is 744 g/mol. The van der Waals surface area contributed by atoms with Gasteiger partial charge >= 0.3 is 7.82 Å². The zero-order chi connectivity index (χ0) is 42.8. The lowest BCUT2D eigenvalue weighted by Gasteiger charge is -2.25. The van der Waals surface area contributed by atoms with Gasteiger partial charge in [0.15, 0.2) is 0 Å². The third-order valence-corrected chi connectivity index (χ3v) is 12.1. The predicted molar refractivity (Wildman–Crippen MR) is 249 cm³/mol. The van der Waals surface area contributed by atoms with Gasteiger partial charge in [0.25, 0.3) is 0 Å². The molecular formula is C49H98N2O6P+. The SMILES string of the molecule is CCC/C=C/CC/C=C/C(O)C(COP(=O)(O)OCC[N+](C)(C)C)NC(=O)CCCCCCCCCCCCCCCCCCCCCCCCCCCCCCC. The van der Waals surface area contributed by atoms with Crippen LogP contribution in [0, 0.1) is 0 Å². The molecule has 0 radical (unpaired) electrons. The summed E-state index contributed by atoms with van der Waals surface area (Å²) in [5.41, 5.74) is 0. The molecule has 0 bridgehead atoms. The Hall–Kier alpha value is -1.02. The molecule has 3 unspecified atom stereocenters. The molecule has 0 aliphatic rings. The van der Waals surface area contributed by atoms with Gasteiger partial charge in [-0.2, -0.15) is 0 Å². The number of amides is 1. The van der Waals surface area contributed by atoms with E-state index < -0.39 is 20.0 Å². The summed E-state index contributed by atoms with van der Waals surface area (Å²) >= 11 is 0. The number of likely N-dealkylation sites (N-methyl/N-ethyl adjacent to an activating group) is 1. The molecule has 0 aromatic rings. The first-order chi connectivity index (χ1) is 28.0. The monoisotopic (exact) mass is 842 g/mol. The molecule has 3 atom stereocenters. The van der Waals surface area contributed by atoms with Crippen molar-refractivity contribution >= 4 is 13.7 Å².